The molecule has 0 saturated heterocycles. The van der Waals surface area contributed by atoms with Gasteiger partial charge in [-0.15, -0.1) is 0 Å². The Bertz CT molecular complexity index is 744. The number of amides is 2. The quantitative estimate of drug-likeness (QED) is 0.879. The monoisotopic (exact) mass is 334 g/mol. The van der Waals surface area contributed by atoms with Gasteiger partial charge in [-0.05, 0) is 30.3 Å². The van der Waals surface area contributed by atoms with Crippen molar-refractivity contribution in [2.75, 3.05) is 19.5 Å². The zero-order chi connectivity index (χ0) is 17.0. The molecule has 0 saturated carbocycles. The number of rotatable bonds is 5. The first kappa shape index (κ1) is 16.6. The molecule has 0 aromatic heterocycles. The Morgan fingerprint density at radius 3 is 2.09 bits per heavy atom. The number of anilines is 1. The minimum atomic E-state index is -0.555. The maximum absolute atomic E-state index is 12.3. The third-order valence-electron chi connectivity index (χ3n) is 3.15. The molecule has 0 spiro atoms. The highest BCUT2D eigenvalue weighted by Crippen LogP contribution is 2.36. The van der Waals surface area contributed by atoms with E-state index in [4.69, 9.17) is 26.8 Å². The Kier molecular flexibility index (Phi) is 5.08. The van der Waals surface area contributed by atoms with Crippen LogP contribution in [0.5, 0.6) is 11.5 Å². The summed E-state index contributed by atoms with van der Waals surface area (Å²) in [5.41, 5.74) is 6.26. The maximum atomic E-state index is 12.3. The Hall–Kier alpha value is -2.73. The number of methoxy groups -OCH3 is 2. The lowest BCUT2D eigenvalue weighted by molar-refractivity contribution is 0.0995. The van der Waals surface area contributed by atoms with Crippen LogP contribution in [-0.2, 0) is 0 Å². The first-order valence-electron chi connectivity index (χ1n) is 6.59. The summed E-state index contributed by atoms with van der Waals surface area (Å²) in [4.78, 5) is 23.3. The van der Waals surface area contributed by atoms with Gasteiger partial charge in [0.15, 0.2) is 0 Å². The van der Waals surface area contributed by atoms with Crippen LogP contribution < -0.4 is 20.5 Å². The van der Waals surface area contributed by atoms with Crippen molar-refractivity contribution in [1.82, 2.24) is 0 Å². The van der Waals surface area contributed by atoms with Gasteiger partial charge >= 0.3 is 0 Å². The molecule has 0 aliphatic heterocycles. The Balaban J connectivity index is 2.26. The molecular formula is C16H15ClN2O4. The normalized spacial score (nSPS) is 10.0. The summed E-state index contributed by atoms with van der Waals surface area (Å²) < 4.78 is 10.3. The molecule has 0 radical (unpaired) electrons. The van der Waals surface area contributed by atoms with Crippen molar-refractivity contribution in [2.24, 2.45) is 5.73 Å². The number of carbonyl (C=O) groups is 2. The summed E-state index contributed by atoms with van der Waals surface area (Å²) in [6.45, 7) is 0. The molecule has 2 amide bonds. The lowest BCUT2D eigenvalue weighted by atomic mass is 10.1. The third kappa shape index (κ3) is 3.73. The van der Waals surface area contributed by atoms with Crippen LogP contribution in [0.3, 0.4) is 0 Å². The van der Waals surface area contributed by atoms with Gasteiger partial charge in [-0.2, -0.15) is 0 Å². The number of hydrogen-bond acceptors (Lipinski definition) is 4. The molecule has 0 heterocycles. The summed E-state index contributed by atoms with van der Waals surface area (Å²) in [6.07, 6.45) is 0. The van der Waals surface area contributed by atoms with Crippen molar-refractivity contribution in [3.05, 3.63) is 52.5 Å². The van der Waals surface area contributed by atoms with E-state index in [-0.39, 0.29) is 5.91 Å². The van der Waals surface area contributed by atoms with Crippen molar-refractivity contribution in [3.8, 4) is 11.5 Å². The van der Waals surface area contributed by atoms with Crippen LogP contribution >= 0.6 is 11.6 Å². The van der Waals surface area contributed by atoms with E-state index >= 15 is 0 Å². The fourth-order valence-corrected chi connectivity index (χ4v) is 2.18. The highest BCUT2D eigenvalue weighted by atomic mass is 35.5. The van der Waals surface area contributed by atoms with Gasteiger partial charge < -0.3 is 20.5 Å². The minimum absolute atomic E-state index is 0.326. The molecular weight excluding hydrogens is 320 g/mol. The summed E-state index contributed by atoms with van der Waals surface area (Å²) >= 11 is 6.06. The van der Waals surface area contributed by atoms with Crippen LogP contribution in [0.25, 0.3) is 0 Å². The van der Waals surface area contributed by atoms with E-state index in [0.717, 1.165) is 0 Å². The fourth-order valence-electron chi connectivity index (χ4n) is 1.94. The summed E-state index contributed by atoms with van der Waals surface area (Å²) in [5.74, 6) is -0.0817. The van der Waals surface area contributed by atoms with Crippen molar-refractivity contribution in [1.29, 1.82) is 0 Å². The average Bonchev–Trinajstić information content (AvgIpc) is 2.55. The molecule has 23 heavy (non-hydrogen) atoms. The summed E-state index contributed by atoms with van der Waals surface area (Å²) in [5, 5.41) is 3.04. The summed E-state index contributed by atoms with van der Waals surface area (Å²) in [7, 11) is 2.96. The maximum Gasteiger partial charge on any atom is 0.255 e. The molecule has 3 N–H and O–H groups in total. The van der Waals surface area contributed by atoms with Crippen molar-refractivity contribution in [2.45, 2.75) is 0 Å². The second-order valence-corrected chi connectivity index (χ2v) is 4.99. The Morgan fingerprint density at radius 2 is 1.57 bits per heavy atom. The van der Waals surface area contributed by atoms with E-state index in [1.54, 1.807) is 6.07 Å². The molecule has 0 bridgehead atoms. The van der Waals surface area contributed by atoms with E-state index in [1.165, 1.54) is 44.6 Å². The minimum Gasteiger partial charge on any atom is -0.495 e. The van der Waals surface area contributed by atoms with Gasteiger partial charge in [0.25, 0.3) is 5.91 Å². The van der Waals surface area contributed by atoms with Crippen molar-refractivity contribution < 1.29 is 19.1 Å². The predicted molar refractivity (Wildman–Crippen MR) is 87.5 cm³/mol. The van der Waals surface area contributed by atoms with Crippen LogP contribution in [0, 0.1) is 0 Å². The van der Waals surface area contributed by atoms with Gasteiger partial charge in [0.1, 0.15) is 11.5 Å². The number of halogens is 1. The first-order valence-corrected chi connectivity index (χ1v) is 6.96. The van der Waals surface area contributed by atoms with Gasteiger partial charge in [-0.25, -0.2) is 0 Å². The zero-order valence-corrected chi connectivity index (χ0v) is 13.3. The highest BCUT2D eigenvalue weighted by Gasteiger charge is 2.14. The Labute approximate surface area is 138 Å². The highest BCUT2D eigenvalue weighted by molar-refractivity contribution is 6.32. The molecule has 120 valence electrons. The van der Waals surface area contributed by atoms with Gasteiger partial charge in [0.2, 0.25) is 5.91 Å². The Morgan fingerprint density at radius 1 is 1.00 bits per heavy atom. The molecule has 0 aliphatic carbocycles. The van der Waals surface area contributed by atoms with E-state index < -0.39 is 5.91 Å². The largest absolute Gasteiger partial charge is 0.495 e. The molecule has 2 aromatic carbocycles. The van der Waals surface area contributed by atoms with Gasteiger partial charge in [-0.3, -0.25) is 9.59 Å². The smallest absolute Gasteiger partial charge is 0.255 e. The number of ether oxygens (including phenoxy) is 2. The number of primary amides is 1. The number of hydrogen-bond donors (Lipinski definition) is 2. The average molecular weight is 335 g/mol. The van der Waals surface area contributed by atoms with E-state index in [0.29, 0.717) is 33.3 Å². The number of benzene rings is 2. The first-order chi connectivity index (χ1) is 11.0. The van der Waals surface area contributed by atoms with E-state index in [1.807, 2.05) is 0 Å². The zero-order valence-electron chi connectivity index (χ0n) is 12.6. The number of nitrogens with two attached hydrogens (primary N) is 1. The fraction of sp³-hybridized carbons (Fsp3) is 0.125. The lowest BCUT2D eigenvalue weighted by Crippen LogP contribution is -2.14. The topological polar surface area (TPSA) is 90.7 Å². The molecule has 0 unspecified atom stereocenters. The predicted octanol–water partition coefficient (Wildman–Crippen LogP) is 2.71. The molecule has 2 rings (SSSR count). The second-order valence-electron chi connectivity index (χ2n) is 4.58. The van der Waals surface area contributed by atoms with Crippen molar-refractivity contribution in [3.63, 3.8) is 0 Å². The van der Waals surface area contributed by atoms with Crippen LogP contribution in [0.1, 0.15) is 20.7 Å². The molecule has 2 aromatic rings. The molecule has 7 heteroatoms. The molecule has 0 atom stereocenters. The van der Waals surface area contributed by atoms with Crippen LogP contribution in [-0.4, -0.2) is 26.0 Å². The SMILES string of the molecule is COc1cc(OC)c(NC(=O)c2ccc(C(N)=O)cc2)cc1Cl. The van der Waals surface area contributed by atoms with Crippen LogP contribution in [0.2, 0.25) is 5.02 Å². The summed E-state index contributed by atoms with van der Waals surface area (Å²) in [6, 6.07) is 9.09. The lowest BCUT2D eigenvalue weighted by Gasteiger charge is -2.13. The van der Waals surface area contributed by atoms with Crippen LogP contribution in [0.15, 0.2) is 36.4 Å². The molecule has 0 aliphatic rings. The second kappa shape index (κ2) is 7.02. The number of nitrogens with one attached hydrogen (secondary N) is 1. The van der Waals surface area contributed by atoms with E-state index in [9.17, 15) is 9.59 Å². The third-order valence-corrected chi connectivity index (χ3v) is 3.45. The van der Waals surface area contributed by atoms with Gasteiger partial charge in [-0.1, -0.05) is 11.6 Å². The number of carbonyl (C=O) groups excluding carboxylic acids is 2. The van der Waals surface area contributed by atoms with Gasteiger partial charge in [0.05, 0.1) is 24.9 Å². The van der Waals surface area contributed by atoms with Crippen molar-refractivity contribution >= 4 is 29.1 Å². The van der Waals surface area contributed by atoms with Crippen LogP contribution in [0.4, 0.5) is 5.69 Å². The molecule has 6 nitrogen and oxygen atoms in total. The molecule has 0 fully saturated rings. The van der Waals surface area contributed by atoms with Gasteiger partial charge in [0, 0.05) is 17.2 Å². The van der Waals surface area contributed by atoms with E-state index in [2.05, 4.69) is 5.32 Å². The standard InChI is InChI=1S/C16H15ClN2O4/c1-22-13-8-14(23-2)12(7-11(13)17)19-16(21)10-5-3-9(4-6-10)15(18)20/h3-8H,1-2H3,(H2,18,20)(H,19,21).